The Morgan fingerprint density at radius 3 is 2.73 bits per heavy atom. The van der Waals surface area contributed by atoms with Crippen molar-refractivity contribution in [1.82, 2.24) is 25.0 Å². The van der Waals surface area contributed by atoms with E-state index in [-0.39, 0.29) is 0 Å². The van der Waals surface area contributed by atoms with Crippen LogP contribution >= 0.6 is 0 Å². The van der Waals surface area contributed by atoms with Gasteiger partial charge in [-0.3, -0.25) is 0 Å². The lowest BCUT2D eigenvalue weighted by Crippen LogP contribution is -2.38. The molecule has 0 fully saturated rings. The quantitative estimate of drug-likeness (QED) is 0.649. The van der Waals surface area contributed by atoms with Crippen molar-refractivity contribution in [3.8, 4) is 0 Å². The van der Waals surface area contributed by atoms with Crippen molar-refractivity contribution in [2.24, 2.45) is 4.99 Å². The van der Waals surface area contributed by atoms with Gasteiger partial charge in [-0.15, -0.1) is 10.2 Å². The van der Waals surface area contributed by atoms with E-state index >= 15 is 0 Å². The van der Waals surface area contributed by atoms with Gasteiger partial charge in [0.2, 0.25) is 0 Å². The van der Waals surface area contributed by atoms with Gasteiger partial charge in [-0.25, -0.2) is 4.99 Å². The van der Waals surface area contributed by atoms with Gasteiger partial charge in [-0.1, -0.05) is 37.3 Å². The first-order chi connectivity index (χ1) is 10.7. The lowest BCUT2D eigenvalue weighted by molar-refractivity contribution is 0.559. The zero-order chi connectivity index (χ0) is 15.8. The van der Waals surface area contributed by atoms with E-state index in [1.165, 1.54) is 5.56 Å². The van der Waals surface area contributed by atoms with Gasteiger partial charge in [-0.05, 0) is 5.56 Å². The van der Waals surface area contributed by atoms with Crippen LogP contribution in [-0.2, 0) is 19.5 Å². The Morgan fingerprint density at radius 1 is 1.27 bits per heavy atom. The van der Waals surface area contributed by atoms with Crippen LogP contribution in [0.5, 0.6) is 0 Å². The summed E-state index contributed by atoms with van der Waals surface area (Å²) in [6.07, 6.45) is 2.67. The average molecular weight is 300 g/mol. The van der Waals surface area contributed by atoms with Crippen molar-refractivity contribution in [2.75, 3.05) is 20.6 Å². The molecule has 6 nitrogen and oxygen atoms in total. The maximum atomic E-state index is 4.65. The highest BCUT2D eigenvalue weighted by Gasteiger charge is 2.04. The summed E-state index contributed by atoms with van der Waals surface area (Å²) in [5, 5.41) is 11.4. The molecule has 0 bridgehead atoms. The molecular formula is C16H24N6. The summed E-state index contributed by atoms with van der Waals surface area (Å²) >= 11 is 0. The van der Waals surface area contributed by atoms with Crippen LogP contribution in [0.4, 0.5) is 0 Å². The summed E-state index contributed by atoms with van der Waals surface area (Å²) < 4.78 is 2.07. The van der Waals surface area contributed by atoms with E-state index in [1.807, 2.05) is 37.2 Å². The molecule has 1 aromatic heterocycles. The van der Waals surface area contributed by atoms with E-state index < -0.39 is 0 Å². The number of benzene rings is 1. The molecule has 1 N–H and O–H groups in total. The first-order valence-corrected chi connectivity index (χ1v) is 7.57. The third-order valence-corrected chi connectivity index (χ3v) is 3.33. The lowest BCUT2D eigenvalue weighted by atomic mass is 10.2. The number of aliphatic imine (C=N–C) groups is 1. The predicted molar refractivity (Wildman–Crippen MR) is 88.7 cm³/mol. The molecule has 0 amide bonds. The number of rotatable bonds is 6. The Kier molecular flexibility index (Phi) is 5.94. The zero-order valence-electron chi connectivity index (χ0n) is 13.5. The van der Waals surface area contributed by atoms with E-state index in [9.17, 15) is 0 Å². The molecule has 2 rings (SSSR count). The van der Waals surface area contributed by atoms with Crippen molar-refractivity contribution >= 4 is 5.96 Å². The van der Waals surface area contributed by atoms with Crippen LogP contribution in [-0.4, -0.2) is 46.3 Å². The molecule has 0 spiro atoms. The number of nitrogens with zero attached hydrogens (tertiary/aromatic N) is 5. The van der Waals surface area contributed by atoms with Gasteiger partial charge >= 0.3 is 0 Å². The minimum absolute atomic E-state index is 0.675. The number of nitrogens with one attached hydrogen (secondary N) is 1. The summed E-state index contributed by atoms with van der Waals surface area (Å²) in [5.74, 6) is 1.89. The molecule has 1 aromatic carbocycles. The van der Waals surface area contributed by atoms with Crippen molar-refractivity contribution in [3.05, 3.63) is 48.0 Å². The van der Waals surface area contributed by atoms with Gasteiger partial charge in [0.25, 0.3) is 0 Å². The molecule has 6 heteroatoms. The maximum absolute atomic E-state index is 4.65. The van der Waals surface area contributed by atoms with E-state index in [0.717, 1.165) is 31.3 Å². The van der Waals surface area contributed by atoms with Crippen LogP contribution in [0.1, 0.15) is 18.3 Å². The summed E-state index contributed by atoms with van der Waals surface area (Å²) in [5.41, 5.74) is 1.20. The molecule has 0 radical (unpaired) electrons. The molecule has 118 valence electrons. The van der Waals surface area contributed by atoms with Crippen LogP contribution in [0.3, 0.4) is 0 Å². The first kappa shape index (κ1) is 16.0. The molecule has 0 atom stereocenters. The monoisotopic (exact) mass is 300 g/mol. The Labute approximate surface area is 131 Å². The third-order valence-electron chi connectivity index (χ3n) is 3.33. The lowest BCUT2D eigenvalue weighted by Gasteiger charge is -2.18. The Balaban J connectivity index is 1.89. The van der Waals surface area contributed by atoms with Crippen LogP contribution in [0.2, 0.25) is 0 Å². The Morgan fingerprint density at radius 2 is 2.05 bits per heavy atom. The molecule has 1 heterocycles. The number of hydrogen-bond donors (Lipinski definition) is 1. The normalized spacial score (nSPS) is 11.5. The molecular weight excluding hydrogens is 276 g/mol. The van der Waals surface area contributed by atoms with Crippen LogP contribution in [0, 0.1) is 0 Å². The van der Waals surface area contributed by atoms with E-state index in [0.29, 0.717) is 6.54 Å². The van der Waals surface area contributed by atoms with Crippen molar-refractivity contribution in [2.45, 2.75) is 26.4 Å². The highest BCUT2D eigenvalue weighted by molar-refractivity contribution is 5.79. The number of aromatic nitrogens is 3. The van der Waals surface area contributed by atoms with E-state index in [4.69, 9.17) is 0 Å². The highest BCUT2D eigenvalue weighted by Crippen LogP contribution is 2.00. The molecule has 0 aliphatic heterocycles. The molecule has 0 saturated carbocycles. The van der Waals surface area contributed by atoms with Crippen molar-refractivity contribution in [3.63, 3.8) is 0 Å². The molecule has 0 unspecified atom stereocenters. The van der Waals surface area contributed by atoms with Crippen LogP contribution in [0.15, 0.2) is 41.7 Å². The fraction of sp³-hybridized carbons (Fsp3) is 0.438. The number of aryl methyl sites for hydroxylation is 1. The topological polar surface area (TPSA) is 58.3 Å². The highest BCUT2D eigenvalue weighted by atomic mass is 15.3. The third kappa shape index (κ3) is 4.58. The summed E-state index contributed by atoms with van der Waals surface area (Å²) in [7, 11) is 3.99. The second-order valence-electron chi connectivity index (χ2n) is 5.24. The largest absolute Gasteiger partial charge is 0.354 e. The van der Waals surface area contributed by atoms with Crippen LogP contribution < -0.4 is 5.32 Å². The molecule has 0 aliphatic carbocycles. The predicted octanol–water partition coefficient (Wildman–Crippen LogP) is 1.55. The SMILES string of the molecule is CCc1nncn1CCNC(=NCc1ccccc1)N(C)C. The Bertz CT molecular complexity index is 588. The molecule has 0 aliphatic rings. The minimum atomic E-state index is 0.675. The zero-order valence-corrected chi connectivity index (χ0v) is 13.5. The van der Waals surface area contributed by atoms with E-state index in [1.54, 1.807) is 6.33 Å². The van der Waals surface area contributed by atoms with Crippen LogP contribution in [0.25, 0.3) is 0 Å². The van der Waals surface area contributed by atoms with Gasteiger partial charge in [-0.2, -0.15) is 0 Å². The second-order valence-corrected chi connectivity index (χ2v) is 5.24. The summed E-state index contributed by atoms with van der Waals surface area (Å²) in [6.45, 7) is 4.37. The first-order valence-electron chi connectivity index (χ1n) is 7.57. The summed E-state index contributed by atoms with van der Waals surface area (Å²) in [6, 6.07) is 10.3. The average Bonchev–Trinajstić information content (AvgIpc) is 2.98. The van der Waals surface area contributed by atoms with E-state index in [2.05, 4.69) is 44.1 Å². The fourth-order valence-corrected chi connectivity index (χ4v) is 2.13. The molecule has 22 heavy (non-hydrogen) atoms. The van der Waals surface area contributed by atoms with Crippen molar-refractivity contribution < 1.29 is 0 Å². The minimum Gasteiger partial charge on any atom is -0.354 e. The van der Waals surface area contributed by atoms with Gasteiger partial charge in [0.1, 0.15) is 12.2 Å². The van der Waals surface area contributed by atoms with Gasteiger partial charge in [0.05, 0.1) is 6.54 Å². The van der Waals surface area contributed by atoms with Crippen molar-refractivity contribution in [1.29, 1.82) is 0 Å². The molecule has 2 aromatic rings. The fourth-order valence-electron chi connectivity index (χ4n) is 2.13. The maximum Gasteiger partial charge on any atom is 0.193 e. The number of guanidine groups is 1. The Hall–Kier alpha value is -2.37. The van der Waals surface area contributed by atoms with Gasteiger partial charge in [0, 0.05) is 33.6 Å². The second kappa shape index (κ2) is 8.17. The molecule has 0 saturated heterocycles. The standard InChI is InChI=1S/C16H24N6/c1-4-15-20-19-13-22(15)11-10-17-16(21(2)3)18-12-14-8-6-5-7-9-14/h5-9,13H,4,10-12H2,1-3H3,(H,17,18). The number of hydrogen-bond acceptors (Lipinski definition) is 3. The van der Waals surface area contributed by atoms with Gasteiger partial charge < -0.3 is 14.8 Å². The summed E-state index contributed by atoms with van der Waals surface area (Å²) in [4.78, 5) is 6.64. The van der Waals surface area contributed by atoms with Gasteiger partial charge in [0.15, 0.2) is 5.96 Å². The smallest absolute Gasteiger partial charge is 0.193 e.